The third-order valence-electron chi connectivity index (χ3n) is 4.38. The second kappa shape index (κ2) is 7.16. The molecule has 0 saturated carbocycles. The Morgan fingerprint density at radius 1 is 1.21 bits per heavy atom. The quantitative estimate of drug-likeness (QED) is 0.903. The van der Waals surface area contributed by atoms with Gasteiger partial charge in [0.25, 0.3) is 0 Å². The molecule has 1 saturated heterocycles. The molecule has 130 valence electrons. The molecule has 0 spiro atoms. The van der Waals surface area contributed by atoms with Crippen LogP contribution >= 0.6 is 22.7 Å². The summed E-state index contributed by atoms with van der Waals surface area (Å²) in [6.07, 6.45) is 0. The van der Waals surface area contributed by atoms with Crippen LogP contribution in [0.2, 0.25) is 0 Å². The van der Waals surface area contributed by atoms with E-state index in [9.17, 15) is 4.79 Å². The van der Waals surface area contributed by atoms with Gasteiger partial charge in [-0.3, -0.25) is 9.69 Å². The second-order valence-electron chi connectivity index (χ2n) is 6.12. The lowest BCUT2D eigenvalue weighted by Gasteiger charge is -2.37. The highest BCUT2D eigenvalue weighted by atomic mass is 32.1. The Balaban J connectivity index is 1.54. The summed E-state index contributed by atoms with van der Waals surface area (Å²) in [4.78, 5) is 27.1. The summed E-state index contributed by atoms with van der Waals surface area (Å²) >= 11 is 3.22. The van der Waals surface area contributed by atoms with Gasteiger partial charge in [-0.15, -0.1) is 22.7 Å². The Morgan fingerprint density at radius 3 is 2.46 bits per heavy atom. The molecule has 0 radical (unpaired) electrons. The molecule has 1 aliphatic rings. The van der Waals surface area contributed by atoms with E-state index >= 15 is 0 Å². The van der Waals surface area contributed by atoms with Crippen LogP contribution in [-0.2, 0) is 4.79 Å². The van der Waals surface area contributed by atoms with Crippen LogP contribution in [0.25, 0.3) is 0 Å². The number of carbonyl (C=O) groups excluding carboxylic acids is 1. The van der Waals surface area contributed by atoms with E-state index in [0.29, 0.717) is 5.13 Å². The van der Waals surface area contributed by atoms with E-state index in [0.717, 1.165) is 47.6 Å². The van der Waals surface area contributed by atoms with E-state index in [1.807, 2.05) is 27.7 Å². The Kier molecular flexibility index (Phi) is 5.17. The number of rotatable bonds is 4. The minimum absolute atomic E-state index is 0.0160. The van der Waals surface area contributed by atoms with Gasteiger partial charge in [-0.1, -0.05) is 0 Å². The zero-order valence-corrected chi connectivity index (χ0v) is 16.1. The van der Waals surface area contributed by atoms with Crippen molar-refractivity contribution < 1.29 is 4.79 Å². The van der Waals surface area contributed by atoms with Crippen LogP contribution in [0.3, 0.4) is 0 Å². The summed E-state index contributed by atoms with van der Waals surface area (Å²) in [5.74, 6) is 0.0160. The van der Waals surface area contributed by atoms with Crippen LogP contribution in [0.4, 0.5) is 10.3 Å². The third-order valence-corrected chi connectivity index (χ3v) is 6.39. The van der Waals surface area contributed by atoms with Crippen molar-refractivity contribution >= 4 is 38.8 Å². The summed E-state index contributed by atoms with van der Waals surface area (Å²) in [6, 6.07) is -0.158. The lowest BCUT2D eigenvalue weighted by Crippen LogP contribution is -2.52. The summed E-state index contributed by atoms with van der Waals surface area (Å²) in [7, 11) is 0. The van der Waals surface area contributed by atoms with Gasteiger partial charge in [-0.25, -0.2) is 9.97 Å². The molecule has 1 atom stereocenters. The first kappa shape index (κ1) is 17.3. The zero-order valence-electron chi connectivity index (χ0n) is 14.5. The molecule has 8 heteroatoms. The maximum absolute atomic E-state index is 12.5. The zero-order chi connectivity index (χ0) is 17.3. The fraction of sp³-hybridized carbons (Fsp3) is 0.562. The van der Waals surface area contributed by atoms with Crippen molar-refractivity contribution in [3.8, 4) is 0 Å². The molecule has 1 aliphatic heterocycles. The molecule has 0 bridgehead atoms. The van der Waals surface area contributed by atoms with Gasteiger partial charge >= 0.3 is 0 Å². The molecule has 1 amide bonds. The topological polar surface area (TPSA) is 61.4 Å². The number of nitrogens with zero attached hydrogens (tertiary/aromatic N) is 4. The Bertz CT molecular complexity index is 698. The standard InChI is InChI=1S/C16H23N5OS2/c1-10-9-23-16(17-10)21-7-5-20(6-8-21)12(3)14(22)19-15-18-11(2)13(4)24-15/h9,12H,5-8H2,1-4H3,(H,18,19,22). The Morgan fingerprint density at radius 2 is 1.92 bits per heavy atom. The highest BCUT2D eigenvalue weighted by Gasteiger charge is 2.27. The summed E-state index contributed by atoms with van der Waals surface area (Å²) in [6.45, 7) is 11.5. The van der Waals surface area contributed by atoms with E-state index in [2.05, 4.69) is 30.5 Å². The smallest absolute Gasteiger partial charge is 0.243 e. The Labute approximate surface area is 150 Å². The van der Waals surface area contributed by atoms with E-state index in [1.165, 1.54) is 11.3 Å². The lowest BCUT2D eigenvalue weighted by molar-refractivity contribution is -0.120. The first-order valence-corrected chi connectivity index (χ1v) is 9.79. The number of anilines is 2. The highest BCUT2D eigenvalue weighted by molar-refractivity contribution is 7.15. The number of aromatic nitrogens is 2. The largest absolute Gasteiger partial charge is 0.346 e. The van der Waals surface area contributed by atoms with Crippen molar-refractivity contribution in [2.75, 3.05) is 36.4 Å². The molecule has 2 aromatic rings. The maximum atomic E-state index is 12.5. The summed E-state index contributed by atoms with van der Waals surface area (Å²) in [5.41, 5.74) is 2.05. The van der Waals surface area contributed by atoms with Crippen LogP contribution in [0.15, 0.2) is 5.38 Å². The SMILES string of the molecule is Cc1csc(N2CCN(C(C)C(=O)Nc3nc(C)c(C)s3)CC2)n1. The number of amides is 1. The number of thiazole rings is 2. The molecule has 1 unspecified atom stereocenters. The predicted octanol–water partition coefficient (Wildman–Crippen LogP) is 2.67. The molecule has 0 aliphatic carbocycles. The molecule has 1 N–H and O–H groups in total. The van der Waals surface area contributed by atoms with E-state index < -0.39 is 0 Å². The van der Waals surface area contributed by atoms with E-state index in [1.54, 1.807) is 11.3 Å². The van der Waals surface area contributed by atoms with Gasteiger partial charge in [0.2, 0.25) is 5.91 Å². The molecular formula is C16H23N5OS2. The van der Waals surface area contributed by atoms with E-state index in [4.69, 9.17) is 0 Å². The highest BCUT2D eigenvalue weighted by Crippen LogP contribution is 2.23. The first-order valence-electron chi connectivity index (χ1n) is 8.10. The third kappa shape index (κ3) is 3.76. The predicted molar refractivity (Wildman–Crippen MR) is 100 cm³/mol. The molecule has 0 aromatic carbocycles. The lowest BCUT2D eigenvalue weighted by atomic mass is 10.2. The molecule has 6 nitrogen and oxygen atoms in total. The average molecular weight is 366 g/mol. The average Bonchev–Trinajstić information content (AvgIpc) is 3.13. The molecule has 2 aromatic heterocycles. The van der Waals surface area contributed by atoms with Crippen molar-refractivity contribution in [1.82, 2.24) is 14.9 Å². The van der Waals surface area contributed by atoms with Gasteiger partial charge < -0.3 is 10.2 Å². The van der Waals surface area contributed by atoms with Crippen molar-refractivity contribution in [3.63, 3.8) is 0 Å². The van der Waals surface area contributed by atoms with Gasteiger partial charge in [0.15, 0.2) is 10.3 Å². The van der Waals surface area contributed by atoms with Crippen LogP contribution in [-0.4, -0.2) is 53.0 Å². The van der Waals surface area contributed by atoms with Crippen molar-refractivity contribution in [3.05, 3.63) is 21.6 Å². The van der Waals surface area contributed by atoms with Gasteiger partial charge in [-0.2, -0.15) is 0 Å². The fourth-order valence-electron chi connectivity index (χ4n) is 2.69. The minimum atomic E-state index is -0.158. The summed E-state index contributed by atoms with van der Waals surface area (Å²) < 4.78 is 0. The first-order chi connectivity index (χ1) is 11.4. The normalized spacial score (nSPS) is 17.1. The van der Waals surface area contributed by atoms with E-state index in [-0.39, 0.29) is 11.9 Å². The molecule has 3 rings (SSSR count). The summed E-state index contributed by atoms with van der Waals surface area (Å²) in [5, 5.41) is 6.80. The van der Waals surface area contributed by atoms with Crippen molar-refractivity contribution in [2.24, 2.45) is 0 Å². The second-order valence-corrected chi connectivity index (χ2v) is 8.16. The fourth-order valence-corrected chi connectivity index (χ4v) is 4.36. The number of hydrogen-bond acceptors (Lipinski definition) is 7. The number of nitrogens with one attached hydrogen (secondary N) is 1. The van der Waals surface area contributed by atoms with Crippen LogP contribution < -0.4 is 10.2 Å². The minimum Gasteiger partial charge on any atom is -0.346 e. The maximum Gasteiger partial charge on any atom is 0.243 e. The molecule has 1 fully saturated rings. The van der Waals surface area contributed by atoms with Gasteiger partial charge in [-0.05, 0) is 27.7 Å². The molecule has 24 heavy (non-hydrogen) atoms. The van der Waals surface area contributed by atoms with Gasteiger partial charge in [0, 0.05) is 36.4 Å². The number of aryl methyl sites for hydroxylation is 3. The number of carbonyl (C=O) groups is 1. The molecule has 3 heterocycles. The van der Waals surface area contributed by atoms with Crippen molar-refractivity contribution in [1.29, 1.82) is 0 Å². The van der Waals surface area contributed by atoms with Gasteiger partial charge in [0.1, 0.15) is 0 Å². The van der Waals surface area contributed by atoms with Crippen molar-refractivity contribution in [2.45, 2.75) is 33.7 Å². The van der Waals surface area contributed by atoms with Gasteiger partial charge in [0.05, 0.1) is 17.4 Å². The molecular weight excluding hydrogens is 342 g/mol. The monoisotopic (exact) mass is 365 g/mol. The number of hydrogen-bond donors (Lipinski definition) is 1. The Hall–Kier alpha value is -1.51. The number of piperazine rings is 1. The van der Waals surface area contributed by atoms with Crippen LogP contribution in [0.1, 0.15) is 23.2 Å². The van der Waals surface area contributed by atoms with Crippen LogP contribution in [0, 0.1) is 20.8 Å². The van der Waals surface area contributed by atoms with Crippen LogP contribution in [0.5, 0.6) is 0 Å².